The van der Waals surface area contributed by atoms with Gasteiger partial charge in [-0.05, 0) is 68.0 Å². The van der Waals surface area contributed by atoms with Gasteiger partial charge in [0.15, 0.2) is 5.78 Å². The van der Waals surface area contributed by atoms with E-state index in [1.165, 1.54) is 0 Å². The molecule has 0 heterocycles. The number of Topliss-reactive ketones (excluding diaryl/α,β-unsaturated/α-hetero) is 2. The molecule has 5 heteroatoms. The SMILES string of the molecule is [2H]C([2H])(O)C(=O)[C@]1(O)CC[C@H]2[C@@H]3CC[C@@H]4C([2H])([2H])[C@@H](O)C([2H])([2H])C[C@]4(C)[C@H]3C(=O)CC21C. The second-order valence-electron chi connectivity index (χ2n) is 9.23. The van der Waals surface area contributed by atoms with Crippen LogP contribution >= 0.6 is 0 Å². The van der Waals surface area contributed by atoms with Crippen molar-refractivity contribution in [2.75, 3.05) is 6.56 Å². The quantitative estimate of drug-likeness (QED) is 0.690. The van der Waals surface area contributed by atoms with Crippen molar-refractivity contribution < 1.29 is 33.1 Å². The summed E-state index contributed by atoms with van der Waals surface area (Å²) in [5.41, 5.74) is -4.50. The lowest BCUT2D eigenvalue weighted by Crippen LogP contribution is -2.62. The largest absolute Gasteiger partial charge is 0.393 e. The smallest absolute Gasteiger partial charge is 0.190 e. The molecule has 8 atom stereocenters. The van der Waals surface area contributed by atoms with Crippen LogP contribution in [0.15, 0.2) is 0 Å². The maximum absolute atomic E-state index is 13.6. The van der Waals surface area contributed by atoms with E-state index in [-0.39, 0.29) is 36.9 Å². The molecule has 4 rings (SSSR count). The van der Waals surface area contributed by atoms with Gasteiger partial charge in [-0.25, -0.2) is 0 Å². The molecule has 0 amide bonds. The van der Waals surface area contributed by atoms with E-state index >= 15 is 0 Å². The molecule has 4 aliphatic carbocycles. The Bertz CT molecular complexity index is 858. The van der Waals surface area contributed by atoms with Gasteiger partial charge in [-0.15, -0.1) is 0 Å². The Hall–Kier alpha value is -0.780. The summed E-state index contributed by atoms with van der Waals surface area (Å²) in [6.07, 6.45) is -5.56. The van der Waals surface area contributed by atoms with Gasteiger partial charge in [0.2, 0.25) is 0 Å². The molecule has 146 valence electrons. The summed E-state index contributed by atoms with van der Waals surface area (Å²) in [6, 6.07) is 0. The number of aliphatic hydroxyl groups excluding tert-OH is 1. The van der Waals surface area contributed by atoms with Gasteiger partial charge < -0.3 is 15.3 Å². The zero-order chi connectivity index (χ0) is 24.3. The van der Waals surface area contributed by atoms with Crippen LogP contribution in [0.25, 0.3) is 0 Å². The summed E-state index contributed by atoms with van der Waals surface area (Å²) in [5.74, 6) is -3.68. The third kappa shape index (κ3) is 2.20. The molecule has 0 saturated heterocycles. The average Bonchev–Trinajstić information content (AvgIpc) is 2.89. The summed E-state index contributed by atoms with van der Waals surface area (Å²) in [7, 11) is 0. The van der Waals surface area contributed by atoms with Gasteiger partial charge >= 0.3 is 0 Å². The van der Waals surface area contributed by atoms with Gasteiger partial charge in [0.05, 0.1) is 8.85 Å². The van der Waals surface area contributed by atoms with Crippen molar-refractivity contribution in [3.63, 3.8) is 0 Å². The first-order valence-corrected chi connectivity index (χ1v) is 9.54. The lowest BCUT2D eigenvalue weighted by Gasteiger charge is -2.60. The zero-order valence-corrected chi connectivity index (χ0v) is 15.3. The van der Waals surface area contributed by atoms with Crippen LogP contribution < -0.4 is 0 Å². The Morgan fingerprint density at radius 1 is 1.31 bits per heavy atom. The van der Waals surface area contributed by atoms with Crippen LogP contribution in [0.1, 0.15) is 73.3 Å². The van der Waals surface area contributed by atoms with Crippen LogP contribution in [0.5, 0.6) is 0 Å². The molecule has 26 heavy (non-hydrogen) atoms. The van der Waals surface area contributed by atoms with Crippen molar-refractivity contribution in [2.24, 2.45) is 34.5 Å². The molecule has 0 aromatic heterocycles. The van der Waals surface area contributed by atoms with E-state index in [1.54, 1.807) is 13.8 Å². The van der Waals surface area contributed by atoms with Crippen molar-refractivity contribution >= 4 is 11.6 Å². The molecule has 0 spiro atoms. The summed E-state index contributed by atoms with van der Waals surface area (Å²) in [6.45, 7) is 0.0943. The van der Waals surface area contributed by atoms with E-state index in [0.717, 1.165) is 0 Å². The van der Waals surface area contributed by atoms with Crippen molar-refractivity contribution in [3.05, 3.63) is 0 Å². The molecule has 0 aromatic carbocycles. The van der Waals surface area contributed by atoms with Crippen LogP contribution in [0.4, 0.5) is 0 Å². The summed E-state index contributed by atoms with van der Waals surface area (Å²) >= 11 is 0. The van der Waals surface area contributed by atoms with Gasteiger partial charge in [-0.1, -0.05) is 13.8 Å². The monoisotopic (exact) mass is 370 g/mol. The van der Waals surface area contributed by atoms with Crippen molar-refractivity contribution in [1.29, 1.82) is 0 Å². The molecule has 0 bridgehead atoms. The van der Waals surface area contributed by atoms with Crippen LogP contribution in [0.2, 0.25) is 0 Å². The zero-order valence-electron chi connectivity index (χ0n) is 21.3. The standard InChI is InChI=1S/C21H32O5/c1-19-7-5-13(23)9-12(19)3-4-14-15-6-8-21(26,17(25)11-22)20(15,2)10-16(24)18(14)19/h12-15,18,22-23,26H,3-11H2,1-2H3/t12-,13+,14+,15+,18-,19+,20?,21-/m1/s1/i5D2,9D2,11D2. The van der Waals surface area contributed by atoms with E-state index in [0.29, 0.717) is 19.3 Å². The topological polar surface area (TPSA) is 94.8 Å². The molecule has 3 N–H and O–H groups in total. The van der Waals surface area contributed by atoms with E-state index in [4.69, 9.17) is 8.22 Å². The number of fused-ring (bicyclic) bond motifs is 5. The normalized spacial score (nSPS) is 61.4. The Balaban J connectivity index is 1.76. The Kier molecular flexibility index (Phi) is 2.85. The number of rotatable bonds is 2. The van der Waals surface area contributed by atoms with Crippen molar-refractivity contribution in [1.82, 2.24) is 0 Å². The van der Waals surface area contributed by atoms with E-state index < -0.39 is 59.5 Å². The van der Waals surface area contributed by atoms with Crippen LogP contribution in [0, 0.1) is 34.5 Å². The minimum Gasteiger partial charge on any atom is -0.393 e. The predicted molar refractivity (Wildman–Crippen MR) is 95.2 cm³/mol. The molecule has 4 saturated carbocycles. The predicted octanol–water partition coefficient (Wildman–Crippen LogP) is 1.86. The molecule has 0 radical (unpaired) electrons. The Morgan fingerprint density at radius 3 is 2.73 bits per heavy atom. The number of aliphatic hydroxyl groups is 3. The van der Waals surface area contributed by atoms with Crippen LogP contribution in [-0.4, -0.2) is 45.2 Å². The first kappa shape index (κ1) is 12.6. The molecule has 4 aliphatic rings. The minimum absolute atomic E-state index is 0.0793. The highest BCUT2D eigenvalue weighted by molar-refractivity contribution is 5.92. The molecular formula is C21H32O5. The lowest BCUT2D eigenvalue weighted by atomic mass is 9.44. The fraction of sp³-hybridized carbons (Fsp3) is 0.905. The number of hydrogen-bond donors (Lipinski definition) is 3. The summed E-state index contributed by atoms with van der Waals surface area (Å²) in [4.78, 5) is 26.3. The van der Waals surface area contributed by atoms with Crippen molar-refractivity contribution in [3.8, 4) is 0 Å². The molecule has 0 aromatic rings. The molecule has 1 unspecified atom stereocenters. The second-order valence-corrected chi connectivity index (χ2v) is 9.23. The fourth-order valence-corrected chi connectivity index (χ4v) is 6.85. The summed E-state index contributed by atoms with van der Waals surface area (Å²) < 4.78 is 48.4. The number of carbonyl (C=O) groups is 2. The minimum atomic E-state index is -3.23. The van der Waals surface area contributed by atoms with Crippen LogP contribution in [0.3, 0.4) is 0 Å². The third-order valence-electron chi connectivity index (χ3n) is 8.22. The maximum atomic E-state index is 13.6. The van der Waals surface area contributed by atoms with Gasteiger partial charge in [0, 0.05) is 23.2 Å². The van der Waals surface area contributed by atoms with Crippen molar-refractivity contribution in [2.45, 2.75) is 76.8 Å². The lowest BCUT2D eigenvalue weighted by molar-refractivity contribution is -0.180. The number of ketones is 2. The van der Waals surface area contributed by atoms with Crippen LogP contribution in [-0.2, 0) is 9.59 Å². The molecule has 4 fully saturated rings. The highest BCUT2D eigenvalue weighted by Crippen LogP contribution is 2.67. The highest BCUT2D eigenvalue weighted by Gasteiger charge is 2.68. The molecule has 5 nitrogen and oxygen atoms in total. The van der Waals surface area contributed by atoms with Gasteiger partial charge in [-0.3, -0.25) is 9.59 Å². The summed E-state index contributed by atoms with van der Waals surface area (Å²) in [5, 5.41) is 31.4. The maximum Gasteiger partial charge on any atom is 0.190 e. The Labute approximate surface area is 163 Å². The highest BCUT2D eigenvalue weighted by atomic mass is 16.3. The van der Waals surface area contributed by atoms with E-state index in [9.17, 15) is 24.9 Å². The molecule has 0 aliphatic heterocycles. The molecular weight excluding hydrogens is 332 g/mol. The Morgan fingerprint density at radius 2 is 2.04 bits per heavy atom. The van der Waals surface area contributed by atoms with E-state index in [1.807, 2.05) is 0 Å². The van der Waals surface area contributed by atoms with Gasteiger partial charge in [0.25, 0.3) is 0 Å². The average molecular weight is 371 g/mol. The fourth-order valence-electron chi connectivity index (χ4n) is 6.85. The first-order chi connectivity index (χ1) is 14.3. The number of hydrogen-bond acceptors (Lipinski definition) is 5. The van der Waals surface area contributed by atoms with E-state index in [2.05, 4.69) is 0 Å². The first-order valence-electron chi connectivity index (χ1n) is 12.5. The second kappa shape index (κ2) is 5.86. The third-order valence-corrected chi connectivity index (χ3v) is 8.22. The van der Waals surface area contributed by atoms with Gasteiger partial charge in [-0.2, -0.15) is 0 Å². The number of carbonyl (C=O) groups excluding carboxylic acids is 2. The van der Waals surface area contributed by atoms with Gasteiger partial charge in [0.1, 0.15) is 17.9 Å².